The molecule has 3 heterocycles. The molecule has 1 aliphatic rings. The molecule has 0 spiro atoms. The van der Waals surface area contributed by atoms with Crippen molar-refractivity contribution in [3.05, 3.63) is 47.0 Å². The third-order valence-electron chi connectivity index (χ3n) is 4.42. The molecule has 7 heteroatoms. The first-order chi connectivity index (χ1) is 12.5. The van der Waals surface area contributed by atoms with Crippen LogP contribution in [0, 0.1) is 13.8 Å². The Morgan fingerprint density at radius 1 is 1.19 bits per heavy atom. The topological polar surface area (TPSA) is 75.9 Å². The first kappa shape index (κ1) is 18.0. The first-order valence-electron chi connectivity index (χ1n) is 8.74. The van der Waals surface area contributed by atoms with E-state index in [9.17, 15) is 9.59 Å². The normalized spacial score (nSPS) is 14.4. The van der Waals surface area contributed by atoms with Gasteiger partial charge in [-0.2, -0.15) is 0 Å². The Kier molecular flexibility index (Phi) is 5.25. The Labute approximate surface area is 152 Å². The minimum absolute atomic E-state index is 0.00428. The van der Waals surface area contributed by atoms with Crippen molar-refractivity contribution < 1.29 is 18.7 Å². The van der Waals surface area contributed by atoms with Gasteiger partial charge < -0.3 is 19.0 Å². The zero-order valence-electron chi connectivity index (χ0n) is 15.3. The van der Waals surface area contributed by atoms with Crippen molar-refractivity contribution in [1.29, 1.82) is 0 Å². The molecule has 2 aromatic rings. The number of nitrogens with zero attached hydrogens (tertiary/aromatic N) is 3. The highest BCUT2D eigenvalue weighted by molar-refractivity contribution is 5.95. The Bertz CT molecular complexity index is 790. The molecule has 1 aliphatic heterocycles. The first-order valence-corrected chi connectivity index (χ1v) is 8.74. The minimum Gasteiger partial charge on any atom is -0.466 e. The third-order valence-corrected chi connectivity index (χ3v) is 4.42. The summed E-state index contributed by atoms with van der Waals surface area (Å²) in [6.45, 7) is 8.37. The van der Waals surface area contributed by atoms with E-state index in [1.807, 2.05) is 24.8 Å². The van der Waals surface area contributed by atoms with Gasteiger partial charge in [-0.3, -0.25) is 4.79 Å². The lowest BCUT2D eigenvalue weighted by Crippen LogP contribution is -2.49. The molecule has 1 saturated heterocycles. The van der Waals surface area contributed by atoms with E-state index >= 15 is 0 Å². The number of aromatic nitrogens is 1. The zero-order valence-corrected chi connectivity index (χ0v) is 15.3. The number of hydrogen-bond donors (Lipinski definition) is 0. The van der Waals surface area contributed by atoms with Crippen LogP contribution in [0.15, 0.2) is 28.8 Å². The molecule has 1 fully saturated rings. The van der Waals surface area contributed by atoms with E-state index in [-0.39, 0.29) is 11.9 Å². The highest BCUT2D eigenvalue weighted by Gasteiger charge is 2.25. The van der Waals surface area contributed by atoms with Gasteiger partial charge in [0, 0.05) is 32.4 Å². The molecule has 0 radical (unpaired) electrons. The maximum absolute atomic E-state index is 12.6. The number of piperazine rings is 1. The van der Waals surface area contributed by atoms with Crippen LogP contribution in [0.2, 0.25) is 0 Å². The van der Waals surface area contributed by atoms with Gasteiger partial charge in [0.25, 0.3) is 5.91 Å². The molecule has 138 valence electrons. The van der Waals surface area contributed by atoms with Crippen LogP contribution in [0.3, 0.4) is 0 Å². The summed E-state index contributed by atoms with van der Waals surface area (Å²) in [5.41, 5.74) is 1.07. The number of pyridine rings is 1. The Balaban J connectivity index is 1.60. The number of esters is 1. The SMILES string of the molecule is CCOC(=O)c1ccc(N2CCN(C(=O)c3cc(C)oc3C)CC2)nc1. The highest BCUT2D eigenvalue weighted by atomic mass is 16.5. The van der Waals surface area contributed by atoms with E-state index in [1.165, 1.54) is 6.20 Å². The molecule has 0 saturated carbocycles. The summed E-state index contributed by atoms with van der Waals surface area (Å²) in [6, 6.07) is 5.32. The van der Waals surface area contributed by atoms with Crippen molar-refractivity contribution in [2.24, 2.45) is 0 Å². The number of furan rings is 1. The Hall–Kier alpha value is -2.83. The van der Waals surface area contributed by atoms with E-state index in [0.29, 0.717) is 49.7 Å². The lowest BCUT2D eigenvalue weighted by Gasteiger charge is -2.35. The van der Waals surface area contributed by atoms with Crippen LogP contribution >= 0.6 is 0 Å². The molecule has 0 aliphatic carbocycles. The number of carbonyl (C=O) groups excluding carboxylic acids is 2. The quantitative estimate of drug-likeness (QED) is 0.782. The van der Waals surface area contributed by atoms with Crippen LogP contribution in [0.25, 0.3) is 0 Å². The summed E-state index contributed by atoms with van der Waals surface area (Å²) in [5.74, 6) is 1.83. The monoisotopic (exact) mass is 357 g/mol. The van der Waals surface area contributed by atoms with E-state index < -0.39 is 0 Å². The summed E-state index contributed by atoms with van der Waals surface area (Å²) in [5, 5.41) is 0. The van der Waals surface area contributed by atoms with Crippen LogP contribution in [-0.4, -0.2) is 54.5 Å². The van der Waals surface area contributed by atoms with Crippen molar-refractivity contribution in [3.63, 3.8) is 0 Å². The molecule has 7 nitrogen and oxygen atoms in total. The standard InChI is InChI=1S/C19H23N3O4/c1-4-25-19(24)15-5-6-17(20-12-15)21-7-9-22(10-8-21)18(23)16-11-13(2)26-14(16)3/h5-6,11-12H,4,7-10H2,1-3H3. The number of amides is 1. The molecule has 0 aromatic carbocycles. The van der Waals surface area contributed by atoms with Gasteiger partial charge in [0.05, 0.1) is 17.7 Å². The van der Waals surface area contributed by atoms with E-state index in [4.69, 9.17) is 9.15 Å². The van der Waals surface area contributed by atoms with Gasteiger partial charge in [-0.05, 0) is 39.0 Å². The Morgan fingerprint density at radius 3 is 2.46 bits per heavy atom. The fourth-order valence-corrected chi connectivity index (χ4v) is 3.06. The number of rotatable bonds is 4. The molecule has 2 aromatic heterocycles. The molecule has 0 N–H and O–H groups in total. The van der Waals surface area contributed by atoms with Gasteiger partial charge in [-0.1, -0.05) is 0 Å². The lowest BCUT2D eigenvalue weighted by molar-refractivity contribution is 0.0525. The number of carbonyl (C=O) groups is 2. The fraction of sp³-hybridized carbons (Fsp3) is 0.421. The number of hydrogen-bond acceptors (Lipinski definition) is 6. The second-order valence-corrected chi connectivity index (χ2v) is 6.23. The van der Waals surface area contributed by atoms with Crippen molar-refractivity contribution >= 4 is 17.7 Å². The van der Waals surface area contributed by atoms with E-state index in [2.05, 4.69) is 9.88 Å². The summed E-state index contributed by atoms with van der Waals surface area (Å²) in [4.78, 5) is 32.6. The minimum atomic E-state index is -0.368. The third kappa shape index (κ3) is 3.71. The molecule has 1 amide bonds. The summed E-state index contributed by atoms with van der Waals surface area (Å²) < 4.78 is 10.4. The van der Waals surface area contributed by atoms with E-state index in [0.717, 1.165) is 11.6 Å². The highest BCUT2D eigenvalue weighted by Crippen LogP contribution is 2.19. The van der Waals surface area contributed by atoms with Crippen molar-refractivity contribution in [2.75, 3.05) is 37.7 Å². The van der Waals surface area contributed by atoms with Crippen molar-refractivity contribution in [2.45, 2.75) is 20.8 Å². The van der Waals surface area contributed by atoms with Gasteiger partial charge in [0.1, 0.15) is 17.3 Å². The van der Waals surface area contributed by atoms with Gasteiger partial charge >= 0.3 is 5.97 Å². The van der Waals surface area contributed by atoms with Crippen molar-refractivity contribution in [1.82, 2.24) is 9.88 Å². The molecular weight excluding hydrogens is 334 g/mol. The lowest BCUT2D eigenvalue weighted by atomic mass is 10.2. The van der Waals surface area contributed by atoms with Gasteiger partial charge in [-0.25, -0.2) is 9.78 Å². The summed E-state index contributed by atoms with van der Waals surface area (Å²) in [7, 11) is 0. The predicted molar refractivity (Wildman–Crippen MR) is 96.5 cm³/mol. The van der Waals surface area contributed by atoms with Crippen LogP contribution in [0.1, 0.15) is 39.2 Å². The number of anilines is 1. The van der Waals surface area contributed by atoms with Gasteiger partial charge in [-0.15, -0.1) is 0 Å². The largest absolute Gasteiger partial charge is 0.466 e. The zero-order chi connectivity index (χ0) is 18.7. The second-order valence-electron chi connectivity index (χ2n) is 6.23. The second kappa shape index (κ2) is 7.59. The molecule has 0 unspecified atom stereocenters. The van der Waals surface area contributed by atoms with Crippen LogP contribution < -0.4 is 4.90 Å². The van der Waals surface area contributed by atoms with Crippen molar-refractivity contribution in [3.8, 4) is 0 Å². The van der Waals surface area contributed by atoms with Gasteiger partial charge in [0.2, 0.25) is 0 Å². The number of aryl methyl sites for hydroxylation is 2. The molecule has 3 rings (SSSR count). The van der Waals surface area contributed by atoms with E-state index in [1.54, 1.807) is 19.1 Å². The average Bonchev–Trinajstić information content (AvgIpc) is 3.00. The maximum Gasteiger partial charge on any atom is 0.339 e. The number of ether oxygens (including phenoxy) is 1. The average molecular weight is 357 g/mol. The van der Waals surface area contributed by atoms with Crippen LogP contribution in [0.5, 0.6) is 0 Å². The molecule has 26 heavy (non-hydrogen) atoms. The Morgan fingerprint density at radius 2 is 1.92 bits per heavy atom. The maximum atomic E-state index is 12.6. The summed E-state index contributed by atoms with van der Waals surface area (Å²) >= 11 is 0. The predicted octanol–water partition coefficient (Wildman–Crippen LogP) is 2.43. The van der Waals surface area contributed by atoms with Crippen LogP contribution in [-0.2, 0) is 4.74 Å². The van der Waals surface area contributed by atoms with Crippen LogP contribution in [0.4, 0.5) is 5.82 Å². The molecule has 0 bridgehead atoms. The fourth-order valence-electron chi connectivity index (χ4n) is 3.06. The smallest absolute Gasteiger partial charge is 0.339 e. The molecular formula is C19H23N3O4. The van der Waals surface area contributed by atoms with Gasteiger partial charge in [0.15, 0.2) is 0 Å². The summed E-state index contributed by atoms with van der Waals surface area (Å²) in [6.07, 6.45) is 1.53. The molecule has 0 atom stereocenters.